The highest BCUT2D eigenvalue weighted by Crippen LogP contribution is 2.37. The molecule has 0 bridgehead atoms. The summed E-state index contributed by atoms with van der Waals surface area (Å²) in [5, 5.41) is 3.69. The van der Waals surface area contributed by atoms with Crippen LogP contribution in [0.2, 0.25) is 0 Å². The number of rotatable bonds is 0. The Hall–Kier alpha value is -0.0800. The fraction of sp³-hybridized carbons (Fsp3) is 1.00. The monoisotopic (exact) mass is 182 g/mol. The van der Waals surface area contributed by atoms with Gasteiger partial charge in [0.25, 0.3) is 0 Å². The molecule has 2 saturated heterocycles. The SMILES string of the molecule is CN1C[C@@H]2CN[C@H](C(C)(C)C)[C@@H]2C1. The first kappa shape index (κ1) is 9.47. The molecule has 3 atom stereocenters. The molecule has 0 aromatic heterocycles. The van der Waals surface area contributed by atoms with Crippen molar-refractivity contribution in [2.45, 2.75) is 26.8 Å². The molecular weight excluding hydrogens is 160 g/mol. The van der Waals surface area contributed by atoms with E-state index < -0.39 is 0 Å². The van der Waals surface area contributed by atoms with Gasteiger partial charge in [-0.3, -0.25) is 0 Å². The Labute approximate surface area is 81.7 Å². The van der Waals surface area contributed by atoms with E-state index in [2.05, 4.69) is 38.0 Å². The van der Waals surface area contributed by atoms with Crippen molar-refractivity contribution in [3.8, 4) is 0 Å². The van der Waals surface area contributed by atoms with E-state index in [1.54, 1.807) is 0 Å². The molecule has 0 amide bonds. The maximum Gasteiger partial charge on any atom is 0.0160 e. The van der Waals surface area contributed by atoms with Gasteiger partial charge in [0.15, 0.2) is 0 Å². The summed E-state index contributed by atoms with van der Waals surface area (Å²) in [4.78, 5) is 2.48. The third-order valence-electron chi connectivity index (χ3n) is 3.64. The molecule has 2 heteroatoms. The van der Waals surface area contributed by atoms with E-state index in [0.29, 0.717) is 5.41 Å². The Balaban J connectivity index is 2.09. The van der Waals surface area contributed by atoms with Crippen LogP contribution in [-0.2, 0) is 0 Å². The Morgan fingerprint density at radius 1 is 1.23 bits per heavy atom. The van der Waals surface area contributed by atoms with Gasteiger partial charge in [0.05, 0.1) is 0 Å². The highest BCUT2D eigenvalue weighted by atomic mass is 15.2. The second-order valence-corrected chi connectivity index (χ2v) is 5.90. The van der Waals surface area contributed by atoms with Gasteiger partial charge in [0.1, 0.15) is 0 Å². The normalized spacial score (nSPS) is 41.1. The average molecular weight is 182 g/mol. The number of hydrogen-bond donors (Lipinski definition) is 1. The first-order valence-corrected chi connectivity index (χ1v) is 5.40. The summed E-state index contributed by atoms with van der Waals surface area (Å²) in [6, 6.07) is 0.724. The molecule has 1 N–H and O–H groups in total. The standard InChI is InChI=1S/C11H22N2/c1-11(2,3)10-9-7-13(4)6-8(9)5-12-10/h8-10,12H,5-7H2,1-4H3/t8-,9+,10-/m0/s1. The largest absolute Gasteiger partial charge is 0.313 e. The van der Waals surface area contributed by atoms with Gasteiger partial charge in [-0.15, -0.1) is 0 Å². The lowest BCUT2D eigenvalue weighted by molar-refractivity contribution is 0.226. The van der Waals surface area contributed by atoms with Gasteiger partial charge in [-0.1, -0.05) is 20.8 Å². The third-order valence-corrected chi connectivity index (χ3v) is 3.64. The van der Waals surface area contributed by atoms with E-state index in [9.17, 15) is 0 Å². The van der Waals surface area contributed by atoms with E-state index >= 15 is 0 Å². The molecule has 0 spiro atoms. The molecule has 13 heavy (non-hydrogen) atoms. The maximum atomic E-state index is 3.69. The van der Waals surface area contributed by atoms with Crippen molar-refractivity contribution in [3.63, 3.8) is 0 Å². The van der Waals surface area contributed by atoms with Crippen LogP contribution in [0, 0.1) is 17.3 Å². The van der Waals surface area contributed by atoms with Crippen molar-refractivity contribution in [2.75, 3.05) is 26.7 Å². The summed E-state index contributed by atoms with van der Waals surface area (Å²) >= 11 is 0. The van der Waals surface area contributed by atoms with Gasteiger partial charge in [0, 0.05) is 19.1 Å². The lowest BCUT2D eigenvalue weighted by Gasteiger charge is -2.32. The molecule has 0 aliphatic carbocycles. The predicted molar refractivity (Wildman–Crippen MR) is 55.7 cm³/mol. The fourth-order valence-corrected chi connectivity index (χ4v) is 3.09. The average Bonchev–Trinajstić information content (AvgIpc) is 2.41. The molecular formula is C11H22N2. The summed E-state index contributed by atoms with van der Waals surface area (Å²) in [5.74, 6) is 1.80. The Morgan fingerprint density at radius 2 is 1.92 bits per heavy atom. The van der Waals surface area contributed by atoms with Crippen molar-refractivity contribution >= 4 is 0 Å². The van der Waals surface area contributed by atoms with E-state index in [4.69, 9.17) is 0 Å². The van der Waals surface area contributed by atoms with Crippen LogP contribution < -0.4 is 5.32 Å². The van der Waals surface area contributed by atoms with Gasteiger partial charge >= 0.3 is 0 Å². The minimum Gasteiger partial charge on any atom is -0.313 e. The molecule has 0 saturated carbocycles. The highest BCUT2D eigenvalue weighted by Gasteiger charge is 2.45. The predicted octanol–water partition coefficient (Wildman–Crippen LogP) is 1.18. The second kappa shape index (κ2) is 2.96. The van der Waals surface area contributed by atoms with Crippen LogP contribution in [0.25, 0.3) is 0 Å². The zero-order valence-corrected chi connectivity index (χ0v) is 9.30. The zero-order valence-electron chi connectivity index (χ0n) is 9.30. The Kier molecular flexibility index (Phi) is 2.16. The first-order valence-electron chi connectivity index (χ1n) is 5.40. The Bertz CT molecular complexity index is 195. The van der Waals surface area contributed by atoms with Crippen molar-refractivity contribution in [2.24, 2.45) is 17.3 Å². The number of likely N-dealkylation sites (tertiary alicyclic amines) is 1. The number of fused-ring (bicyclic) bond motifs is 1. The van der Waals surface area contributed by atoms with E-state index in [1.807, 2.05) is 0 Å². The van der Waals surface area contributed by atoms with Crippen LogP contribution in [0.15, 0.2) is 0 Å². The van der Waals surface area contributed by atoms with Gasteiger partial charge in [-0.25, -0.2) is 0 Å². The van der Waals surface area contributed by atoms with Crippen LogP contribution in [-0.4, -0.2) is 37.6 Å². The number of nitrogens with zero attached hydrogens (tertiary/aromatic N) is 1. The van der Waals surface area contributed by atoms with E-state index in [0.717, 1.165) is 17.9 Å². The van der Waals surface area contributed by atoms with Crippen molar-refractivity contribution in [1.29, 1.82) is 0 Å². The quantitative estimate of drug-likeness (QED) is 0.605. The van der Waals surface area contributed by atoms with Crippen LogP contribution in [0.4, 0.5) is 0 Å². The van der Waals surface area contributed by atoms with Crippen LogP contribution in [0.3, 0.4) is 0 Å². The maximum absolute atomic E-state index is 3.69. The molecule has 2 rings (SSSR count). The minimum atomic E-state index is 0.421. The van der Waals surface area contributed by atoms with Crippen LogP contribution in [0.5, 0.6) is 0 Å². The highest BCUT2D eigenvalue weighted by molar-refractivity contribution is 5.01. The van der Waals surface area contributed by atoms with Crippen molar-refractivity contribution in [3.05, 3.63) is 0 Å². The molecule has 0 aromatic carbocycles. The minimum absolute atomic E-state index is 0.421. The van der Waals surface area contributed by atoms with Crippen LogP contribution in [0.1, 0.15) is 20.8 Å². The van der Waals surface area contributed by atoms with Gasteiger partial charge < -0.3 is 10.2 Å². The molecule has 2 fully saturated rings. The van der Waals surface area contributed by atoms with Gasteiger partial charge in [0.2, 0.25) is 0 Å². The fourth-order valence-electron chi connectivity index (χ4n) is 3.09. The van der Waals surface area contributed by atoms with Crippen molar-refractivity contribution < 1.29 is 0 Å². The summed E-state index contributed by atoms with van der Waals surface area (Å²) in [6.45, 7) is 10.9. The molecule has 0 unspecified atom stereocenters. The summed E-state index contributed by atoms with van der Waals surface area (Å²) in [7, 11) is 2.25. The molecule has 2 aliphatic rings. The number of nitrogens with one attached hydrogen (secondary N) is 1. The first-order chi connectivity index (χ1) is 5.98. The van der Waals surface area contributed by atoms with E-state index in [1.165, 1.54) is 19.6 Å². The summed E-state index contributed by atoms with van der Waals surface area (Å²) < 4.78 is 0. The van der Waals surface area contributed by atoms with Gasteiger partial charge in [-0.2, -0.15) is 0 Å². The number of hydrogen-bond acceptors (Lipinski definition) is 2. The van der Waals surface area contributed by atoms with E-state index in [-0.39, 0.29) is 0 Å². The van der Waals surface area contributed by atoms with Gasteiger partial charge in [-0.05, 0) is 30.8 Å². The third kappa shape index (κ3) is 1.62. The smallest absolute Gasteiger partial charge is 0.0160 e. The topological polar surface area (TPSA) is 15.3 Å². The molecule has 2 heterocycles. The zero-order chi connectivity index (χ0) is 9.64. The lowest BCUT2D eigenvalue weighted by atomic mass is 9.78. The summed E-state index contributed by atoms with van der Waals surface area (Å²) in [6.07, 6.45) is 0. The molecule has 0 radical (unpaired) electrons. The molecule has 2 nitrogen and oxygen atoms in total. The molecule has 0 aromatic rings. The molecule has 76 valence electrons. The van der Waals surface area contributed by atoms with Crippen LogP contribution >= 0.6 is 0 Å². The second-order valence-electron chi connectivity index (χ2n) is 5.90. The Morgan fingerprint density at radius 3 is 2.54 bits per heavy atom. The molecule has 2 aliphatic heterocycles. The lowest BCUT2D eigenvalue weighted by Crippen LogP contribution is -2.41. The van der Waals surface area contributed by atoms with Crippen molar-refractivity contribution in [1.82, 2.24) is 10.2 Å². The summed E-state index contributed by atoms with van der Waals surface area (Å²) in [5.41, 5.74) is 0.421.